The van der Waals surface area contributed by atoms with E-state index in [0.717, 1.165) is 51.8 Å². The summed E-state index contributed by atoms with van der Waals surface area (Å²) in [7, 11) is 0. The van der Waals surface area contributed by atoms with Crippen LogP contribution in [-0.4, -0.2) is 47.8 Å². The molecule has 2 heterocycles. The van der Waals surface area contributed by atoms with Crippen LogP contribution >= 0.6 is 0 Å². The second kappa shape index (κ2) is 4.82. The second-order valence-electron chi connectivity index (χ2n) is 6.14. The number of hydrogen-bond acceptors (Lipinski definition) is 3. The smallest absolute Gasteiger partial charge is 0.228 e. The molecule has 0 aromatic heterocycles. The fourth-order valence-electron chi connectivity index (χ4n) is 3.76. The summed E-state index contributed by atoms with van der Waals surface area (Å²) in [5.74, 6) is 0.617. The van der Waals surface area contributed by atoms with Crippen LogP contribution in [0.4, 0.5) is 0 Å². The Morgan fingerprint density at radius 1 is 1.28 bits per heavy atom. The van der Waals surface area contributed by atoms with Crippen molar-refractivity contribution in [3.8, 4) is 0 Å². The van der Waals surface area contributed by atoms with Crippen LogP contribution in [0.25, 0.3) is 0 Å². The summed E-state index contributed by atoms with van der Waals surface area (Å²) in [6, 6.07) is 0. The van der Waals surface area contributed by atoms with E-state index >= 15 is 0 Å². The van der Waals surface area contributed by atoms with Gasteiger partial charge in [-0.3, -0.25) is 4.79 Å². The van der Waals surface area contributed by atoms with Crippen LogP contribution in [0.5, 0.6) is 0 Å². The molecule has 102 valence electrons. The quantitative estimate of drug-likeness (QED) is 0.763. The zero-order valence-electron chi connectivity index (χ0n) is 10.9. The lowest BCUT2D eigenvalue weighted by atomic mass is 9.71. The van der Waals surface area contributed by atoms with Gasteiger partial charge in [-0.2, -0.15) is 0 Å². The molecule has 0 aromatic rings. The topological polar surface area (TPSA) is 49.8 Å². The molecule has 3 unspecified atom stereocenters. The maximum Gasteiger partial charge on any atom is 0.228 e. The van der Waals surface area contributed by atoms with Gasteiger partial charge in [0.05, 0.1) is 18.1 Å². The first-order valence-electron chi connectivity index (χ1n) is 7.28. The molecule has 1 N–H and O–H groups in total. The van der Waals surface area contributed by atoms with E-state index in [4.69, 9.17) is 4.74 Å². The number of fused-ring (bicyclic) bond motifs is 1. The summed E-state index contributed by atoms with van der Waals surface area (Å²) in [6.07, 6.45) is 5.95. The fraction of sp³-hybridized carbons (Fsp3) is 0.929. The minimum atomic E-state index is -0.485. The SMILES string of the molecule is O=C(C1CCOC1)N1CCC2(O)CCCCC2C1. The highest BCUT2D eigenvalue weighted by atomic mass is 16.5. The molecule has 1 saturated carbocycles. The fourth-order valence-corrected chi connectivity index (χ4v) is 3.76. The maximum atomic E-state index is 12.3. The average Bonchev–Trinajstić information content (AvgIpc) is 2.90. The molecule has 0 aromatic carbocycles. The second-order valence-corrected chi connectivity index (χ2v) is 6.14. The highest BCUT2D eigenvalue weighted by Crippen LogP contribution is 2.40. The first-order chi connectivity index (χ1) is 8.69. The van der Waals surface area contributed by atoms with E-state index in [9.17, 15) is 9.90 Å². The average molecular weight is 253 g/mol. The Morgan fingerprint density at radius 3 is 2.94 bits per heavy atom. The Balaban J connectivity index is 1.64. The lowest BCUT2D eigenvalue weighted by molar-refractivity contribution is -0.147. The van der Waals surface area contributed by atoms with Gasteiger partial charge in [0.2, 0.25) is 5.91 Å². The van der Waals surface area contributed by atoms with Gasteiger partial charge in [0.1, 0.15) is 0 Å². The van der Waals surface area contributed by atoms with E-state index in [1.807, 2.05) is 4.90 Å². The largest absolute Gasteiger partial charge is 0.389 e. The first kappa shape index (κ1) is 12.4. The van der Waals surface area contributed by atoms with Gasteiger partial charge in [-0.05, 0) is 25.7 Å². The number of likely N-dealkylation sites (tertiary alicyclic amines) is 1. The monoisotopic (exact) mass is 253 g/mol. The predicted octanol–water partition coefficient (Wildman–Crippen LogP) is 1.18. The van der Waals surface area contributed by atoms with Crippen molar-refractivity contribution in [1.29, 1.82) is 0 Å². The number of piperidine rings is 1. The number of rotatable bonds is 1. The number of ether oxygens (including phenoxy) is 1. The summed E-state index contributed by atoms with van der Waals surface area (Å²) < 4.78 is 5.30. The summed E-state index contributed by atoms with van der Waals surface area (Å²) in [5.41, 5.74) is -0.485. The highest BCUT2D eigenvalue weighted by molar-refractivity contribution is 5.79. The molecule has 0 bridgehead atoms. The van der Waals surface area contributed by atoms with Crippen molar-refractivity contribution >= 4 is 5.91 Å². The molecular weight excluding hydrogens is 230 g/mol. The summed E-state index contributed by atoms with van der Waals surface area (Å²) in [6.45, 7) is 2.79. The summed E-state index contributed by atoms with van der Waals surface area (Å²) >= 11 is 0. The van der Waals surface area contributed by atoms with Crippen LogP contribution in [0.2, 0.25) is 0 Å². The van der Waals surface area contributed by atoms with Crippen molar-refractivity contribution in [3.05, 3.63) is 0 Å². The number of hydrogen-bond donors (Lipinski definition) is 1. The van der Waals surface area contributed by atoms with Gasteiger partial charge in [-0.1, -0.05) is 12.8 Å². The van der Waals surface area contributed by atoms with E-state index in [2.05, 4.69) is 0 Å². The van der Waals surface area contributed by atoms with E-state index in [1.54, 1.807) is 0 Å². The van der Waals surface area contributed by atoms with E-state index < -0.39 is 5.60 Å². The third-order valence-electron chi connectivity index (χ3n) is 5.02. The van der Waals surface area contributed by atoms with Crippen molar-refractivity contribution in [3.63, 3.8) is 0 Å². The van der Waals surface area contributed by atoms with Crippen LogP contribution in [-0.2, 0) is 9.53 Å². The molecule has 4 nitrogen and oxygen atoms in total. The van der Waals surface area contributed by atoms with Crippen LogP contribution in [0, 0.1) is 11.8 Å². The van der Waals surface area contributed by atoms with Crippen LogP contribution < -0.4 is 0 Å². The molecular formula is C14H23NO3. The molecule has 3 rings (SSSR count). The molecule has 18 heavy (non-hydrogen) atoms. The number of carbonyl (C=O) groups is 1. The zero-order valence-corrected chi connectivity index (χ0v) is 10.9. The molecule has 2 aliphatic heterocycles. The Morgan fingerprint density at radius 2 is 2.17 bits per heavy atom. The van der Waals surface area contributed by atoms with E-state index in [1.165, 1.54) is 6.42 Å². The standard InChI is InChI=1S/C14H23NO3/c16-13(11-4-8-18-10-11)15-7-6-14(17)5-2-1-3-12(14)9-15/h11-12,17H,1-10H2. The van der Waals surface area contributed by atoms with Crippen molar-refractivity contribution in [1.82, 2.24) is 4.90 Å². The summed E-state index contributed by atoms with van der Waals surface area (Å²) in [5, 5.41) is 10.6. The number of aliphatic hydroxyl groups is 1. The normalized spacial score (nSPS) is 40.6. The Bertz CT molecular complexity index is 327. The van der Waals surface area contributed by atoms with Crippen molar-refractivity contribution in [2.45, 2.75) is 44.1 Å². The molecule has 0 radical (unpaired) electrons. The predicted molar refractivity (Wildman–Crippen MR) is 67.0 cm³/mol. The number of amides is 1. The molecule has 3 fully saturated rings. The number of carbonyl (C=O) groups excluding carboxylic acids is 1. The van der Waals surface area contributed by atoms with Gasteiger partial charge in [0, 0.05) is 25.6 Å². The van der Waals surface area contributed by atoms with Crippen LogP contribution in [0.15, 0.2) is 0 Å². The molecule has 3 atom stereocenters. The molecule has 2 saturated heterocycles. The lowest BCUT2D eigenvalue weighted by Gasteiger charge is -2.47. The first-order valence-corrected chi connectivity index (χ1v) is 7.28. The van der Waals surface area contributed by atoms with Crippen molar-refractivity contribution in [2.75, 3.05) is 26.3 Å². The molecule has 3 aliphatic rings. The highest BCUT2D eigenvalue weighted by Gasteiger charge is 2.44. The summed E-state index contributed by atoms with van der Waals surface area (Å²) in [4.78, 5) is 14.3. The number of nitrogens with zero attached hydrogens (tertiary/aromatic N) is 1. The Hall–Kier alpha value is -0.610. The van der Waals surface area contributed by atoms with E-state index in [-0.39, 0.29) is 11.8 Å². The van der Waals surface area contributed by atoms with Crippen LogP contribution in [0.1, 0.15) is 38.5 Å². The van der Waals surface area contributed by atoms with Crippen LogP contribution in [0.3, 0.4) is 0 Å². The minimum absolute atomic E-state index is 0.0692. The van der Waals surface area contributed by atoms with Gasteiger partial charge in [0.25, 0.3) is 0 Å². The molecule has 4 heteroatoms. The van der Waals surface area contributed by atoms with Gasteiger partial charge >= 0.3 is 0 Å². The lowest BCUT2D eigenvalue weighted by Crippen LogP contribution is -2.55. The van der Waals surface area contributed by atoms with Gasteiger partial charge in [-0.25, -0.2) is 0 Å². The minimum Gasteiger partial charge on any atom is -0.389 e. The molecule has 1 aliphatic carbocycles. The molecule has 1 amide bonds. The van der Waals surface area contributed by atoms with E-state index in [0.29, 0.717) is 12.5 Å². The molecule has 0 spiro atoms. The Labute approximate surface area is 108 Å². The zero-order chi connectivity index (χ0) is 12.6. The van der Waals surface area contributed by atoms with Crippen molar-refractivity contribution in [2.24, 2.45) is 11.8 Å². The van der Waals surface area contributed by atoms with Gasteiger partial charge < -0.3 is 14.7 Å². The third-order valence-corrected chi connectivity index (χ3v) is 5.02. The third kappa shape index (κ3) is 2.16. The maximum absolute atomic E-state index is 12.3. The van der Waals surface area contributed by atoms with Gasteiger partial charge in [-0.15, -0.1) is 0 Å². The van der Waals surface area contributed by atoms with Crippen molar-refractivity contribution < 1.29 is 14.6 Å². The van der Waals surface area contributed by atoms with Gasteiger partial charge in [0.15, 0.2) is 0 Å². The Kier molecular flexibility index (Phi) is 3.32.